The Kier molecular flexibility index (Phi) is 4.65. The van der Waals surface area contributed by atoms with E-state index in [4.69, 9.17) is 14.7 Å². The molecule has 86 valence electrons. The van der Waals surface area contributed by atoms with Crippen molar-refractivity contribution in [3.63, 3.8) is 0 Å². The Morgan fingerprint density at radius 1 is 1.19 bits per heavy atom. The maximum Gasteiger partial charge on any atom is 0.124 e. The van der Waals surface area contributed by atoms with Crippen molar-refractivity contribution in [2.75, 3.05) is 7.11 Å². The van der Waals surface area contributed by atoms with Gasteiger partial charge in [0.1, 0.15) is 11.5 Å². The zero-order valence-electron chi connectivity index (χ0n) is 9.99. The average Bonchev–Trinajstić information content (AvgIpc) is 2.35. The molecule has 0 saturated heterocycles. The standard InChI is InChI=1S/C13H17NO2/c1-4-11(5-2)16-13-7-10(9-14)6-12(8-13)15-3/h6-8,11H,4-5H2,1-3H3. The van der Waals surface area contributed by atoms with Crippen LogP contribution in [-0.2, 0) is 0 Å². The van der Waals surface area contributed by atoms with Gasteiger partial charge < -0.3 is 9.47 Å². The van der Waals surface area contributed by atoms with E-state index in [2.05, 4.69) is 19.9 Å². The van der Waals surface area contributed by atoms with Crippen LogP contribution in [0.1, 0.15) is 32.3 Å². The molecule has 0 fully saturated rings. The molecular weight excluding hydrogens is 202 g/mol. The van der Waals surface area contributed by atoms with E-state index in [1.807, 2.05) is 0 Å². The highest BCUT2D eigenvalue weighted by Crippen LogP contribution is 2.24. The maximum absolute atomic E-state index is 8.87. The first kappa shape index (κ1) is 12.4. The van der Waals surface area contributed by atoms with Gasteiger partial charge in [-0.15, -0.1) is 0 Å². The van der Waals surface area contributed by atoms with Crippen molar-refractivity contribution in [3.05, 3.63) is 23.8 Å². The van der Waals surface area contributed by atoms with E-state index in [0.29, 0.717) is 17.1 Å². The Bertz CT molecular complexity index is 378. The molecule has 0 aliphatic heterocycles. The van der Waals surface area contributed by atoms with E-state index in [0.717, 1.165) is 12.8 Å². The van der Waals surface area contributed by atoms with E-state index in [9.17, 15) is 0 Å². The third kappa shape index (κ3) is 3.16. The second-order valence-corrected chi connectivity index (χ2v) is 3.57. The quantitative estimate of drug-likeness (QED) is 0.764. The van der Waals surface area contributed by atoms with Crippen LogP contribution < -0.4 is 9.47 Å². The van der Waals surface area contributed by atoms with Gasteiger partial charge in [0.25, 0.3) is 0 Å². The Morgan fingerprint density at radius 3 is 2.31 bits per heavy atom. The van der Waals surface area contributed by atoms with E-state index < -0.39 is 0 Å². The lowest BCUT2D eigenvalue weighted by Gasteiger charge is -2.16. The molecule has 0 aliphatic rings. The van der Waals surface area contributed by atoms with Gasteiger partial charge in [0.15, 0.2) is 0 Å². The summed E-state index contributed by atoms with van der Waals surface area (Å²) in [5.74, 6) is 1.35. The molecular formula is C13H17NO2. The monoisotopic (exact) mass is 219 g/mol. The largest absolute Gasteiger partial charge is 0.497 e. The van der Waals surface area contributed by atoms with Gasteiger partial charge in [-0.05, 0) is 25.0 Å². The highest BCUT2D eigenvalue weighted by atomic mass is 16.5. The fourth-order valence-corrected chi connectivity index (χ4v) is 1.47. The molecule has 0 bridgehead atoms. The Morgan fingerprint density at radius 2 is 1.81 bits per heavy atom. The molecule has 0 N–H and O–H groups in total. The summed E-state index contributed by atoms with van der Waals surface area (Å²) in [6.45, 7) is 4.17. The summed E-state index contributed by atoms with van der Waals surface area (Å²) in [5, 5.41) is 8.87. The summed E-state index contributed by atoms with van der Waals surface area (Å²) in [5.41, 5.74) is 0.556. The molecule has 0 saturated carbocycles. The van der Waals surface area contributed by atoms with Gasteiger partial charge in [-0.25, -0.2) is 0 Å². The molecule has 16 heavy (non-hydrogen) atoms. The number of methoxy groups -OCH3 is 1. The third-order valence-electron chi connectivity index (χ3n) is 2.46. The molecule has 0 heterocycles. The lowest BCUT2D eigenvalue weighted by molar-refractivity contribution is 0.192. The average molecular weight is 219 g/mol. The first-order valence-electron chi connectivity index (χ1n) is 5.49. The Hall–Kier alpha value is -1.69. The number of rotatable bonds is 5. The van der Waals surface area contributed by atoms with Crippen LogP contribution in [-0.4, -0.2) is 13.2 Å². The highest BCUT2D eigenvalue weighted by Gasteiger charge is 2.07. The number of nitriles is 1. The van der Waals surface area contributed by atoms with Crippen LogP contribution in [0.4, 0.5) is 0 Å². The van der Waals surface area contributed by atoms with E-state index in [1.54, 1.807) is 25.3 Å². The van der Waals surface area contributed by atoms with Crippen molar-refractivity contribution < 1.29 is 9.47 Å². The van der Waals surface area contributed by atoms with E-state index in [-0.39, 0.29) is 6.10 Å². The minimum Gasteiger partial charge on any atom is -0.497 e. The van der Waals surface area contributed by atoms with Crippen LogP contribution in [0.25, 0.3) is 0 Å². The molecule has 0 spiro atoms. The predicted octanol–water partition coefficient (Wildman–Crippen LogP) is 3.13. The van der Waals surface area contributed by atoms with Crippen LogP contribution in [0.3, 0.4) is 0 Å². The Labute approximate surface area is 96.6 Å². The number of benzene rings is 1. The summed E-state index contributed by atoms with van der Waals surface area (Å²) in [6.07, 6.45) is 2.10. The van der Waals surface area contributed by atoms with Crippen molar-refractivity contribution in [1.29, 1.82) is 5.26 Å². The molecule has 0 aliphatic carbocycles. The van der Waals surface area contributed by atoms with Gasteiger partial charge in [-0.1, -0.05) is 13.8 Å². The molecule has 1 aromatic carbocycles. The molecule has 1 aromatic rings. The van der Waals surface area contributed by atoms with Crippen molar-refractivity contribution >= 4 is 0 Å². The zero-order valence-corrected chi connectivity index (χ0v) is 9.99. The lowest BCUT2D eigenvalue weighted by Crippen LogP contribution is -2.13. The summed E-state index contributed by atoms with van der Waals surface area (Å²) >= 11 is 0. The van der Waals surface area contributed by atoms with Gasteiger partial charge in [0.05, 0.1) is 24.8 Å². The van der Waals surface area contributed by atoms with Gasteiger partial charge in [0, 0.05) is 6.07 Å². The van der Waals surface area contributed by atoms with Crippen molar-refractivity contribution in [1.82, 2.24) is 0 Å². The first-order valence-corrected chi connectivity index (χ1v) is 5.49. The fourth-order valence-electron chi connectivity index (χ4n) is 1.47. The lowest BCUT2D eigenvalue weighted by atomic mass is 10.2. The molecule has 0 radical (unpaired) electrons. The SMILES string of the molecule is CCC(CC)Oc1cc(C#N)cc(OC)c1. The normalized spacial score (nSPS) is 9.94. The summed E-state index contributed by atoms with van der Waals surface area (Å²) in [6, 6.07) is 7.33. The van der Waals surface area contributed by atoms with E-state index in [1.165, 1.54) is 0 Å². The van der Waals surface area contributed by atoms with E-state index >= 15 is 0 Å². The Balaban J connectivity index is 2.91. The zero-order chi connectivity index (χ0) is 12.0. The molecule has 0 atom stereocenters. The minimum absolute atomic E-state index is 0.193. The fraction of sp³-hybridized carbons (Fsp3) is 0.462. The number of hydrogen-bond acceptors (Lipinski definition) is 3. The second-order valence-electron chi connectivity index (χ2n) is 3.57. The van der Waals surface area contributed by atoms with Gasteiger partial charge in [0.2, 0.25) is 0 Å². The summed E-state index contributed by atoms with van der Waals surface area (Å²) in [4.78, 5) is 0. The van der Waals surface area contributed by atoms with Gasteiger partial charge in [-0.3, -0.25) is 0 Å². The predicted molar refractivity (Wildman–Crippen MR) is 62.7 cm³/mol. The van der Waals surface area contributed by atoms with Crippen LogP contribution in [0, 0.1) is 11.3 Å². The summed E-state index contributed by atoms with van der Waals surface area (Å²) < 4.78 is 10.9. The topological polar surface area (TPSA) is 42.2 Å². The molecule has 0 aromatic heterocycles. The number of nitrogens with zero attached hydrogens (tertiary/aromatic N) is 1. The molecule has 3 nitrogen and oxygen atoms in total. The summed E-state index contributed by atoms with van der Waals surface area (Å²) in [7, 11) is 1.58. The third-order valence-corrected chi connectivity index (χ3v) is 2.46. The smallest absolute Gasteiger partial charge is 0.124 e. The highest BCUT2D eigenvalue weighted by molar-refractivity contribution is 5.43. The van der Waals surface area contributed by atoms with Crippen molar-refractivity contribution in [3.8, 4) is 17.6 Å². The molecule has 0 unspecified atom stereocenters. The molecule has 0 amide bonds. The van der Waals surface area contributed by atoms with Crippen LogP contribution >= 0.6 is 0 Å². The number of ether oxygens (including phenoxy) is 2. The first-order chi connectivity index (χ1) is 7.73. The van der Waals surface area contributed by atoms with Crippen LogP contribution in [0.5, 0.6) is 11.5 Å². The molecule has 3 heteroatoms. The van der Waals surface area contributed by atoms with Crippen LogP contribution in [0.15, 0.2) is 18.2 Å². The van der Waals surface area contributed by atoms with Gasteiger partial charge in [-0.2, -0.15) is 5.26 Å². The van der Waals surface area contributed by atoms with Crippen molar-refractivity contribution in [2.24, 2.45) is 0 Å². The van der Waals surface area contributed by atoms with Gasteiger partial charge >= 0.3 is 0 Å². The second kappa shape index (κ2) is 6.02. The van der Waals surface area contributed by atoms with Crippen molar-refractivity contribution in [2.45, 2.75) is 32.8 Å². The van der Waals surface area contributed by atoms with Crippen LogP contribution in [0.2, 0.25) is 0 Å². The number of hydrogen-bond donors (Lipinski definition) is 0. The molecule has 1 rings (SSSR count). The minimum atomic E-state index is 0.193. The maximum atomic E-state index is 8.87.